The van der Waals surface area contributed by atoms with Gasteiger partial charge in [0.05, 0.1) is 16.9 Å². The highest BCUT2D eigenvalue weighted by atomic mass is 32.2. The number of anilines is 2. The average molecular weight is 420 g/mol. The van der Waals surface area contributed by atoms with E-state index in [0.29, 0.717) is 17.7 Å². The summed E-state index contributed by atoms with van der Waals surface area (Å²) in [5, 5.41) is 14.0. The largest absolute Gasteiger partial charge is 0.324 e. The number of benzene rings is 2. The molecule has 0 radical (unpaired) electrons. The molecule has 9 heteroatoms. The van der Waals surface area contributed by atoms with Gasteiger partial charge in [-0.3, -0.25) is 19.2 Å². The molecule has 0 unspecified atom stereocenters. The summed E-state index contributed by atoms with van der Waals surface area (Å²) in [6, 6.07) is 10.2. The number of amides is 1. The highest BCUT2D eigenvalue weighted by Gasteiger charge is 2.33. The molecule has 1 atom stereocenters. The zero-order valence-corrected chi connectivity index (χ0v) is 17.7. The maximum Gasteiger partial charge on any atom is 0.271 e. The van der Waals surface area contributed by atoms with Crippen molar-refractivity contribution < 1.29 is 18.1 Å². The first-order valence-corrected chi connectivity index (χ1v) is 11.1. The zero-order chi connectivity index (χ0) is 21.8. The molecule has 0 heterocycles. The Morgan fingerprint density at radius 1 is 1.21 bits per heavy atom. The molecule has 2 rings (SSSR count). The van der Waals surface area contributed by atoms with Gasteiger partial charge in [-0.15, -0.1) is 0 Å². The van der Waals surface area contributed by atoms with E-state index < -0.39 is 26.9 Å². The molecule has 0 aliphatic rings. The molecule has 0 saturated heterocycles. The lowest BCUT2D eigenvalue weighted by Crippen LogP contribution is -2.47. The number of carbonyl (C=O) groups is 1. The Balaban J connectivity index is 2.52. The van der Waals surface area contributed by atoms with Gasteiger partial charge >= 0.3 is 0 Å². The molecule has 0 fully saturated rings. The van der Waals surface area contributed by atoms with Gasteiger partial charge in [0.1, 0.15) is 6.04 Å². The Morgan fingerprint density at radius 2 is 1.86 bits per heavy atom. The number of non-ortho nitro benzene ring substituents is 1. The van der Waals surface area contributed by atoms with E-state index in [2.05, 4.69) is 5.32 Å². The summed E-state index contributed by atoms with van der Waals surface area (Å²) in [6.07, 6.45) is 1.88. The van der Waals surface area contributed by atoms with Crippen molar-refractivity contribution in [3.05, 3.63) is 63.7 Å². The Labute approximate surface area is 170 Å². The van der Waals surface area contributed by atoms with E-state index in [1.54, 1.807) is 26.0 Å². The maximum atomic E-state index is 13.1. The second kappa shape index (κ2) is 9.04. The summed E-state index contributed by atoms with van der Waals surface area (Å²) in [4.78, 5) is 23.6. The van der Waals surface area contributed by atoms with Gasteiger partial charge in [-0.2, -0.15) is 0 Å². The average Bonchev–Trinajstić information content (AvgIpc) is 2.66. The number of nitrogens with one attached hydrogen (secondary N) is 1. The number of hydrogen-bond donors (Lipinski definition) is 1. The van der Waals surface area contributed by atoms with Gasteiger partial charge in [0.2, 0.25) is 15.9 Å². The third kappa shape index (κ3) is 5.11. The Bertz CT molecular complexity index is 1020. The lowest BCUT2D eigenvalue weighted by molar-refractivity contribution is -0.384. The van der Waals surface area contributed by atoms with Crippen molar-refractivity contribution >= 4 is 33.0 Å². The first-order valence-electron chi connectivity index (χ1n) is 9.23. The van der Waals surface area contributed by atoms with Gasteiger partial charge in [-0.05, 0) is 37.0 Å². The number of sulfonamides is 1. The molecule has 0 aromatic heterocycles. The molecule has 0 aliphatic carbocycles. The minimum Gasteiger partial charge on any atom is -0.324 e. The quantitative estimate of drug-likeness (QED) is 0.519. The fourth-order valence-corrected chi connectivity index (χ4v) is 4.41. The molecule has 0 spiro atoms. The second-order valence-corrected chi connectivity index (χ2v) is 8.57. The van der Waals surface area contributed by atoms with Crippen LogP contribution in [0.2, 0.25) is 0 Å². The Kier molecular flexibility index (Phi) is 6.97. The van der Waals surface area contributed by atoms with E-state index in [1.807, 2.05) is 19.1 Å². The second-order valence-electron chi connectivity index (χ2n) is 6.71. The van der Waals surface area contributed by atoms with Gasteiger partial charge < -0.3 is 5.32 Å². The first-order chi connectivity index (χ1) is 13.6. The van der Waals surface area contributed by atoms with Gasteiger partial charge in [0.25, 0.3) is 5.69 Å². The highest BCUT2D eigenvalue weighted by molar-refractivity contribution is 7.92. The Morgan fingerprint density at radius 3 is 2.41 bits per heavy atom. The van der Waals surface area contributed by atoms with E-state index >= 15 is 0 Å². The maximum absolute atomic E-state index is 13.1. The monoisotopic (exact) mass is 419 g/mol. The number of nitro benzene ring substituents is 1. The molecule has 0 saturated carbocycles. The van der Waals surface area contributed by atoms with Crippen molar-refractivity contribution in [2.24, 2.45) is 0 Å². The molecular formula is C20H25N3O5S. The van der Waals surface area contributed by atoms with Crippen LogP contribution in [0.4, 0.5) is 17.1 Å². The van der Waals surface area contributed by atoms with Gasteiger partial charge in [0, 0.05) is 17.8 Å². The molecule has 8 nitrogen and oxygen atoms in total. The number of nitro groups is 1. The van der Waals surface area contributed by atoms with E-state index in [1.165, 1.54) is 18.2 Å². The Hall–Kier alpha value is -2.94. The van der Waals surface area contributed by atoms with Gasteiger partial charge in [0.15, 0.2) is 0 Å². The SMILES string of the molecule is CCc1ccccc1NC(=O)[C@H](CC)N(c1cc([N+](=O)[O-])ccc1C)S(C)(=O)=O. The van der Waals surface area contributed by atoms with E-state index in [9.17, 15) is 23.3 Å². The number of rotatable bonds is 8. The van der Waals surface area contributed by atoms with Crippen molar-refractivity contribution in [2.75, 3.05) is 15.9 Å². The standard InChI is InChI=1S/C20H25N3O5S/c1-5-15-9-7-8-10-17(15)21-20(24)18(6-2)22(29(4,27)28)19-13-16(23(25)26)12-11-14(19)3/h7-13,18H,5-6H2,1-4H3,(H,21,24)/t18-/m0/s1. The van der Waals surface area contributed by atoms with E-state index in [-0.39, 0.29) is 17.8 Å². The summed E-state index contributed by atoms with van der Waals surface area (Å²) in [5.74, 6) is -0.496. The van der Waals surface area contributed by atoms with Crippen LogP contribution in [-0.2, 0) is 21.2 Å². The van der Waals surface area contributed by atoms with Crippen molar-refractivity contribution in [1.82, 2.24) is 0 Å². The summed E-state index contributed by atoms with van der Waals surface area (Å²) in [5.41, 5.74) is 1.93. The summed E-state index contributed by atoms with van der Waals surface area (Å²) >= 11 is 0. The van der Waals surface area contributed by atoms with E-state index in [0.717, 1.165) is 16.1 Å². The fourth-order valence-electron chi connectivity index (χ4n) is 3.15. The molecule has 2 aromatic rings. The van der Waals surface area contributed by atoms with Gasteiger partial charge in [-0.25, -0.2) is 8.42 Å². The van der Waals surface area contributed by atoms with Crippen molar-refractivity contribution in [3.63, 3.8) is 0 Å². The van der Waals surface area contributed by atoms with Crippen molar-refractivity contribution in [1.29, 1.82) is 0 Å². The fraction of sp³-hybridized carbons (Fsp3) is 0.350. The highest BCUT2D eigenvalue weighted by Crippen LogP contribution is 2.30. The molecule has 1 amide bonds. The van der Waals surface area contributed by atoms with Crippen LogP contribution in [0, 0.1) is 17.0 Å². The molecule has 1 N–H and O–H groups in total. The predicted octanol–water partition coefficient (Wildman–Crippen LogP) is 3.65. The van der Waals surface area contributed by atoms with Crippen LogP contribution in [0.25, 0.3) is 0 Å². The molecule has 2 aromatic carbocycles. The van der Waals surface area contributed by atoms with Crippen LogP contribution in [0.5, 0.6) is 0 Å². The summed E-state index contributed by atoms with van der Waals surface area (Å²) in [6.45, 7) is 5.30. The molecule has 0 aliphatic heterocycles. The van der Waals surface area contributed by atoms with Crippen LogP contribution >= 0.6 is 0 Å². The smallest absolute Gasteiger partial charge is 0.271 e. The molecule has 0 bridgehead atoms. The van der Waals surface area contributed by atoms with Crippen LogP contribution in [0.1, 0.15) is 31.4 Å². The minimum atomic E-state index is -3.90. The van der Waals surface area contributed by atoms with Crippen LogP contribution in [-0.4, -0.2) is 31.5 Å². The predicted molar refractivity (Wildman–Crippen MR) is 114 cm³/mol. The van der Waals surface area contributed by atoms with Crippen molar-refractivity contribution in [3.8, 4) is 0 Å². The number of para-hydroxylation sites is 1. The van der Waals surface area contributed by atoms with Gasteiger partial charge in [-0.1, -0.05) is 38.1 Å². The van der Waals surface area contributed by atoms with Crippen LogP contribution in [0.3, 0.4) is 0 Å². The normalized spacial score (nSPS) is 12.3. The number of carbonyl (C=O) groups excluding carboxylic acids is 1. The van der Waals surface area contributed by atoms with Crippen LogP contribution < -0.4 is 9.62 Å². The number of nitrogens with zero attached hydrogens (tertiary/aromatic N) is 2. The third-order valence-corrected chi connectivity index (χ3v) is 5.79. The lowest BCUT2D eigenvalue weighted by Gasteiger charge is -2.31. The number of hydrogen-bond acceptors (Lipinski definition) is 5. The summed E-state index contributed by atoms with van der Waals surface area (Å²) < 4.78 is 26.2. The molecular weight excluding hydrogens is 394 g/mol. The third-order valence-electron chi connectivity index (χ3n) is 4.63. The first kappa shape index (κ1) is 22.4. The van der Waals surface area contributed by atoms with Crippen molar-refractivity contribution in [2.45, 2.75) is 39.7 Å². The van der Waals surface area contributed by atoms with Crippen LogP contribution in [0.15, 0.2) is 42.5 Å². The topological polar surface area (TPSA) is 110 Å². The zero-order valence-electron chi connectivity index (χ0n) is 16.9. The lowest BCUT2D eigenvalue weighted by atomic mass is 10.1. The minimum absolute atomic E-state index is 0.118. The van der Waals surface area contributed by atoms with E-state index in [4.69, 9.17) is 0 Å². The number of aryl methyl sites for hydroxylation is 2. The summed E-state index contributed by atoms with van der Waals surface area (Å²) in [7, 11) is -3.90. The molecule has 29 heavy (non-hydrogen) atoms. The molecule has 156 valence electrons.